The van der Waals surface area contributed by atoms with Gasteiger partial charge < -0.3 is 4.42 Å². The molecular weight excluding hydrogens is 643 g/mol. The number of rotatable bonds is 3. The molecule has 0 fully saturated rings. The summed E-state index contributed by atoms with van der Waals surface area (Å²) in [5.74, 6) is 1.92. The van der Waals surface area contributed by atoms with Crippen molar-refractivity contribution in [3.8, 4) is 45.3 Å². The quantitative estimate of drug-likeness (QED) is 0.187. The van der Waals surface area contributed by atoms with Crippen LogP contribution >= 0.6 is 11.8 Å². The average Bonchev–Trinajstić information content (AvgIpc) is 3.71. The lowest BCUT2D eigenvalue weighted by Crippen LogP contribution is -2.31. The van der Waals surface area contributed by atoms with Crippen LogP contribution in [0.25, 0.3) is 67.2 Å². The maximum Gasteiger partial charge on any atom is 0.164 e. The number of fused-ring (bicyclic) bond motifs is 12. The summed E-state index contributed by atoms with van der Waals surface area (Å²) in [6, 6.07) is 57.7. The van der Waals surface area contributed by atoms with Crippen molar-refractivity contribution >= 4 is 33.7 Å². The molecule has 0 bridgehead atoms. The zero-order valence-corrected chi connectivity index (χ0v) is 28.1. The zero-order chi connectivity index (χ0) is 33.5. The molecule has 0 N–H and O–H groups in total. The molecule has 1 aliphatic carbocycles. The van der Waals surface area contributed by atoms with Crippen LogP contribution in [-0.4, -0.2) is 15.0 Å². The largest absolute Gasteiger partial charge is 0.456 e. The molecule has 0 atom stereocenters. The van der Waals surface area contributed by atoms with Gasteiger partial charge in [0.05, 0.1) is 5.41 Å². The molecule has 9 aromatic rings. The van der Waals surface area contributed by atoms with E-state index in [0.717, 1.165) is 49.8 Å². The van der Waals surface area contributed by atoms with Gasteiger partial charge in [-0.3, -0.25) is 0 Å². The molecular formula is C46H27N3OS. The van der Waals surface area contributed by atoms with Gasteiger partial charge in [-0.25, -0.2) is 15.0 Å². The molecule has 2 aliphatic rings. The Morgan fingerprint density at radius 1 is 0.412 bits per heavy atom. The van der Waals surface area contributed by atoms with Crippen LogP contribution in [0.15, 0.2) is 178 Å². The highest BCUT2D eigenvalue weighted by molar-refractivity contribution is 7.99. The molecule has 1 aliphatic heterocycles. The van der Waals surface area contributed by atoms with Gasteiger partial charge in [0.25, 0.3) is 0 Å². The van der Waals surface area contributed by atoms with E-state index in [1.54, 1.807) is 0 Å². The van der Waals surface area contributed by atoms with Crippen LogP contribution in [0.5, 0.6) is 0 Å². The van der Waals surface area contributed by atoms with E-state index < -0.39 is 5.41 Å². The first-order valence-electron chi connectivity index (χ1n) is 17.1. The fraction of sp³-hybridized carbons (Fsp3) is 0.0217. The number of nitrogens with zero attached hydrogens (tertiary/aromatic N) is 3. The normalized spacial score (nSPS) is 13.6. The predicted octanol–water partition coefficient (Wildman–Crippen LogP) is 11.6. The molecule has 238 valence electrons. The number of benzene rings is 7. The molecule has 3 heterocycles. The third-order valence-electron chi connectivity index (χ3n) is 10.4. The van der Waals surface area contributed by atoms with Gasteiger partial charge in [0.15, 0.2) is 17.5 Å². The lowest BCUT2D eigenvalue weighted by molar-refractivity contribution is 0.668. The predicted molar refractivity (Wildman–Crippen MR) is 205 cm³/mol. The Labute approximate surface area is 298 Å². The van der Waals surface area contributed by atoms with Crippen LogP contribution in [-0.2, 0) is 5.41 Å². The van der Waals surface area contributed by atoms with Gasteiger partial charge in [0.1, 0.15) is 11.2 Å². The number of furan rings is 1. The van der Waals surface area contributed by atoms with Gasteiger partial charge in [0, 0.05) is 37.3 Å². The van der Waals surface area contributed by atoms with E-state index in [9.17, 15) is 0 Å². The van der Waals surface area contributed by atoms with Crippen molar-refractivity contribution in [2.24, 2.45) is 0 Å². The van der Waals surface area contributed by atoms with Crippen molar-refractivity contribution in [1.29, 1.82) is 0 Å². The van der Waals surface area contributed by atoms with Crippen LogP contribution in [0, 0.1) is 0 Å². The van der Waals surface area contributed by atoms with Gasteiger partial charge in [-0.1, -0.05) is 145 Å². The second kappa shape index (κ2) is 10.8. The Balaban J connectivity index is 1.28. The van der Waals surface area contributed by atoms with Crippen molar-refractivity contribution in [2.75, 3.05) is 0 Å². The average molecular weight is 670 g/mol. The monoisotopic (exact) mass is 669 g/mol. The summed E-state index contributed by atoms with van der Waals surface area (Å²) in [5.41, 5.74) is 11.3. The Morgan fingerprint density at radius 3 is 1.67 bits per heavy atom. The molecule has 2 aromatic heterocycles. The highest BCUT2D eigenvalue weighted by Gasteiger charge is 2.51. The van der Waals surface area contributed by atoms with Crippen LogP contribution in [0.2, 0.25) is 0 Å². The second-order valence-electron chi connectivity index (χ2n) is 13.1. The van der Waals surface area contributed by atoms with Gasteiger partial charge in [-0.05, 0) is 63.7 Å². The van der Waals surface area contributed by atoms with E-state index in [2.05, 4.69) is 121 Å². The third kappa shape index (κ3) is 4.07. The first-order valence-corrected chi connectivity index (χ1v) is 17.9. The molecule has 4 nitrogen and oxygen atoms in total. The van der Waals surface area contributed by atoms with E-state index in [1.165, 1.54) is 32.0 Å². The standard InChI is InChI=1S/C46H27N3OS/c1-3-14-28(15-4-1)43-47-44(29-16-5-2-6-17-29)49-45(48-43)31-19-13-22-36-42(31)33-27-39-32(30-18-7-10-23-38(30)50-39)26-37(33)46(36)34-20-8-11-24-40(34)51-41-25-12-9-21-35(41)46/h1-27H. The van der Waals surface area contributed by atoms with E-state index in [4.69, 9.17) is 19.4 Å². The Kier molecular flexibility index (Phi) is 6.07. The van der Waals surface area contributed by atoms with Crippen molar-refractivity contribution < 1.29 is 4.42 Å². The van der Waals surface area contributed by atoms with Gasteiger partial charge in [0.2, 0.25) is 0 Å². The topological polar surface area (TPSA) is 51.8 Å². The minimum atomic E-state index is -0.566. The summed E-state index contributed by atoms with van der Waals surface area (Å²) in [6.07, 6.45) is 0. The van der Waals surface area contributed by atoms with Crippen molar-refractivity contribution in [1.82, 2.24) is 15.0 Å². The number of hydrogen-bond acceptors (Lipinski definition) is 5. The number of para-hydroxylation sites is 1. The third-order valence-corrected chi connectivity index (χ3v) is 11.6. The van der Waals surface area contributed by atoms with Gasteiger partial charge in [-0.2, -0.15) is 0 Å². The van der Waals surface area contributed by atoms with Crippen LogP contribution < -0.4 is 0 Å². The van der Waals surface area contributed by atoms with Crippen LogP contribution in [0.1, 0.15) is 22.3 Å². The molecule has 0 saturated heterocycles. The lowest BCUT2D eigenvalue weighted by atomic mass is 9.67. The lowest BCUT2D eigenvalue weighted by Gasteiger charge is -2.39. The fourth-order valence-electron chi connectivity index (χ4n) is 8.28. The van der Waals surface area contributed by atoms with E-state index in [-0.39, 0.29) is 0 Å². The summed E-state index contributed by atoms with van der Waals surface area (Å²) in [5, 5.41) is 2.23. The Bertz CT molecular complexity index is 2740. The van der Waals surface area contributed by atoms with Gasteiger partial charge >= 0.3 is 0 Å². The zero-order valence-electron chi connectivity index (χ0n) is 27.2. The minimum Gasteiger partial charge on any atom is -0.456 e. The minimum absolute atomic E-state index is 0.566. The first-order chi connectivity index (χ1) is 25.3. The molecule has 0 amide bonds. The smallest absolute Gasteiger partial charge is 0.164 e. The number of hydrogen-bond donors (Lipinski definition) is 0. The summed E-state index contributed by atoms with van der Waals surface area (Å²) in [6.45, 7) is 0. The van der Waals surface area contributed by atoms with Crippen molar-refractivity contribution in [3.05, 3.63) is 186 Å². The summed E-state index contributed by atoms with van der Waals surface area (Å²) in [7, 11) is 0. The Hall–Kier alpha value is -6.30. The Morgan fingerprint density at radius 2 is 0.980 bits per heavy atom. The second-order valence-corrected chi connectivity index (χ2v) is 14.2. The van der Waals surface area contributed by atoms with E-state index in [0.29, 0.717) is 17.5 Å². The molecule has 1 spiro atoms. The van der Waals surface area contributed by atoms with E-state index >= 15 is 0 Å². The van der Waals surface area contributed by atoms with Crippen LogP contribution in [0.3, 0.4) is 0 Å². The fourth-order valence-corrected chi connectivity index (χ4v) is 9.47. The van der Waals surface area contributed by atoms with Crippen LogP contribution in [0.4, 0.5) is 0 Å². The molecule has 7 aromatic carbocycles. The highest BCUT2D eigenvalue weighted by Crippen LogP contribution is 2.64. The summed E-state index contributed by atoms with van der Waals surface area (Å²) < 4.78 is 6.56. The van der Waals surface area contributed by atoms with Crippen molar-refractivity contribution in [3.63, 3.8) is 0 Å². The SMILES string of the molecule is c1ccc(-c2nc(-c3ccccc3)nc(-c3cccc4c3-c3cc5oc6ccccc6c5cc3C43c4ccccc4Sc4ccccc43)n2)cc1. The molecule has 0 saturated carbocycles. The molecule has 51 heavy (non-hydrogen) atoms. The van der Waals surface area contributed by atoms with Crippen molar-refractivity contribution in [2.45, 2.75) is 15.2 Å². The molecule has 11 rings (SSSR count). The van der Waals surface area contributed by atoms with E-state index in [1.807, 2.05) is 54.2 Å². The maximum atomic E-state index is 6.56. The number of aromatic nitrogens is 3. The summed E-state index contributed by atoms with van der Waals surface area (Å²) >= 11 is 1.85. The highest BCUT2D eigenvalue weighted by atomic mass is 32.2. The molecule has 5 heteroatoms. The first kappa shape index (κ1) is 28.5. The molecule has 0 radical (unpaired) electrons. The summed E-state index contributed by atoms with van der Waals surface area (Å²) in [4.78, 5) is 18.0. The maximum absolute atomic E-state index is 6.56. The molecule has 0 unspecified atom stereocenters. The van der Waals surface area contributed by atoms with Gasteiger partial charge in [-0.15, -0.1) is 0 Å².